The zero-order valence-electron chi connectivity index (χ0n) is 12.3. The first-order valence-electron chi connectivity index (χ1n) is 6.90. The van der Waals surface area contributed by atoms with E-state index in [0.29, 0.717) is 11.3 Å². The van der Waals surface area contributed by atoms with Crippen molar-refractivity contribution in [2.75, 3.05) is 0 Å². The van der Waals surface area contributed by atoms with Crippen LogP contribution in [0.4, 0.5) is 4.39 Å². The Bertz CT molecular complexity index is 821. The number of halogens is 1. The summed E-state index contributed by atoms with van der Waals surface area (Å²) >= 11 is 0. The van der Waals surface area contributed by atoms with Crippen molar-refractivity contribution >= 4 is 11.0 Å². The van der Waals surface area contributed by atoms with Crippen LogP contribution in [0.2, 0.25) is 0 Å². The second kappa shape index (κ2) is 4.97. The number of nitrogens with zero attached hydrogens (tertiary/aromatic N) is 2. The number of para-hydroxylation sites is 1. The molecule has 0 spiro atoms. The standard InChI is InChI=1S/C17H17FN2O/c1-10-7-15-16(8-11(10)2)20(9-19-15)17-13(12(3)21)5-4-6-14(17)18/h4-9,12,21H,1-3H3/t12-/m0/s1. The largest absolute Gasteiger partial charge is 0.389 e. The molecular formula is C17H17FN2O. The predicted octanol–water partition coefficient (Wildman–Crippen LogP) is 3.83. The van der Waals surface area contributed by atoms with Crippen molar-refractivity contribution < 1.29 is 9.50 Å². The molecule has 3 rings (SSSR count). The normalized spacial score (nSPS) is 12.8. The average Bonchev–Trinajstić information content (AvgIpc) is 2.81. The van der Waals surface area contributed by atoms with Crippen LogP contribution in [0.3, 0.4) is 0 Å². The fourth-order valence-corrected chi connectivity index (χ4v) is 2.57. The van der Waals surface area contributed by atoms with Crippen LogP contribution in [0.25, 0.3) is 16.7 Å². The molecule has 0 aliphatic rings. The minimum atomic E-state index is -0.750. The molecule has 108 valence electrons. The van der Waals surface area contributed by atoms with Crippen LogP contribution in [0.15, 0.2) is 36.7 Å². The maximum Gasteiger partial charge on any atom is 0.147 e. The van der Waals surface area contributed by atoms with Crippen LogP contribution in [-0.4, -0.2) is 14.7 Å². The molecule has 1 N–H and O–H groups in total. The van der Waals surface area contributed by atoms with Gasteiger partial charge in [-0.05, 0) is 50.1 Å². The third kappa shape index (κ3) is 2.21. The summed E-state index contributed by atoms with van der Waals surface area (Å²) in [6.45, 7) is 5.67. The van der Waals surface area contributed by atoms with E-state index in [-0.39, 0.29) is 5.82 Å². The van der Waals surface area contributed by atoms with Crippen LogP contribution in [-0.2, 0) is 0 Å². The van der Waals surface area contributed by atoms with E-state index in [2.05, 4.69) is 4.98 Å². The third-order valence-corrected chi connectivity index (χ3v) is 3.87. The van der Waals surface area contributed by atoms with E-state index in [1.165, 1.54) is 6.07 Å². The fraction of sp³-hybridized carbons (Fsp3) is 0.235. The number of fused-ring (bicyclic) bond motifs is 1. The lowest BCUT2D eigenvalue weighted by Crippen LogP contribution is -2.04. The van der Waals surface area contributed by atoms with Gasteiger partial charge in [-0.25, -0.2) is 9.37 Å². The van der Waals surface area contributed by atoms with Crippen molar-refractivity contribution in [1.82, 2.24) is 9.55 Å². The van der Waals surface area contributed by atoms with Gasteiger partial charge in [-0.1, -0.05) is 12.1 Å². The first kappa shape index (κ1) is 13.8. The number of aliphatic hydroxyl groups excluding tert-OH is 1. The lowest BCUT2D eigenvalue weighted by molar-refractivity contribution is 0.198. The first-order valence-corrected chi connectivity index (χ1v) is 6.90. The van der Waals surface area contributed by atoms with E-state index in [9.17, 15) is 9.50 Å². The second-order valence-corrected chi connectivity index (χ2v) is 5.39. The SMILES string of the molecule is Cc1cc2ncn(-c3c(F)cccc3[C@H](C)O)c2cc1C. The lowest BCUT2D eigenvalue weighted by atomic mass is 10.1. The summed E-state index contributed by atoms with van der Waals surface area (Å²) in [4.78, 5) is 4.35. The van der Waals surface area contributed by atoms with Gasteiger partial charge in [0.05, 0.1) is 22.8 Å². The number of imidazole rings is 1. The molecule has 1 aromatic heterocycles. The first-order chi connectivity index (χ1) is 9.99. The Labute approximate surface area is 122 Å². The van der Waals surface area contributed by atoms with Gasteiger partial charge in [0.1, 0.15) is 12.1 Å². The minimum Gasteiger partial charge on any atom is -0.389 e. The van der Waals surface area contributed by atoms with E-state index >= 15 is 0 Å². The zero-order valence-corrected chi connectivity index (χ0v) is 12.3. The van der Waals surface area contributed by atoms with Gasteiger partial charge >= 0.3 is 0 Å². The van der Waals surface area contributed by atoms with E-state index in [4.69, 9.17) is 0 Å². The number of aryl methyl sites for hydroxylation is 2. The van der Waals surface area contributed by atoms with Crippen LogP contribution < -0.4 is 0 Å². The predicted molar refractivity (Wildman–Crippen MR) is 81.1 cm³/mol. The third-order valence-electron chi connectivity index (χ3n) is 3.87. The summed E-state index contributed by atoms with van der Waals surface area (Å²) < 4.78 is 16.0. The molecule has 0 fully saturated rings. The molecule has 1 atom stereocenters. The number of aromatic nitrogens is 2. The Morgan fingerprint density at radius 1 is 1.19 bits per heavy atom. The maximum absolute atomic E-state index is 14.3. The molecule has 0 aliphatic heterocycles. The minimum absolute atomic E-state index is 0.359. The summed E-state index contributed by atoms with van der Waals surface area (Å²) in [5.41, 5.74) is 4.84. The van der Waals surface area contributed by atoms with Crippen molar-refractivity contribution in [3.63, 3.8) is 0 Å². The van der Waals surface area contributed by atoms with Crippen molar-refractivity contribution in [2.24, 2.45) is 0 Å². The van der Waals surface area contributed by atoms with Crippen LogP contribution in [0.5, 0.6) is 0 Å². The van der Waals surface area contributed by atoms with E-state index in [0.717, 1.165) is 22.2 Å². The number of hydrogen-bond donors (Lipinski definition) is 1. The van der Waals surface area contributed by atoms with Gasteiger partial charge in [-0.2, -0.15) is 0 Å². The Morgan fingerprint density at radius 3 is 2.62 bits per heavy atom. The summed E-state index contributed by atoms with van der Waals surface area (Å²) in [5.74, 6) is -0.370. The van der Waals surface area contributed by atoms with Gasteiger partial charge < -0.3 is 5.11 Å². The highest BCUT2D eigenvalue weighted by Gasteiger charge is 2.16. The highest BCUT2D eigenvalue weighted by molar-refractivity contribution is 5.79. The highest BCUT2D eigenvalue weighted by Crippen LogP contribution is 2.28. The zero-order chi connectivity index (χ0) is 15.1. The summed E-state index contributed by atoms with van der Waals surface area (Å²) in [6.07, 6.45) is 0.855. The quantitative estimate of drug-likeness (QED) is 0.776. The lowest BCUT2D eigenvalue weighted by Gasteiger charge is -2.14. The molecule has 4 heteroatoms. The number of rotatable bonds is 2. The van der Waals surface area contributed by atoms with Crippen molar-refractivity contribution in [3.8, 4) is 5.69 Å². The monoisotopic (exact) mass is 284 g/mol. The van der Waals surface area contributed by atoms with Gasteiger partial charge in [0.25, 0.3) is 0 Å². The average molecular weight is 284 g/mol. The number of aliphatic hydroxyl groups is 1. The van der Waals surface area contributed by atoms with Crippen molar-refractivity contribution in [2.45, 2.75) is 26.9 Å². The molecule has 0 bridgehead atoms. The molecule has 0 radical (unpaired) electrons. The van der Waals surface area contributed by atoms with Gasteiger partial charge in [-0.3, -0.25) is 4.57 Å². The summed E-state index contributed by atoms with van der Waals surface area (Å²) in [5, 5.41) is 9.90. The molecule has 2 aromatic carbocycles. The van der Waals surface area contributed by atoms with Crippen LogP contribution >= 0.6 is 0 Å². The molecule has 0 unspecified atom stereocenters. The van der Waals surface area contributed by atoms with E-state index in [1.54, 1.807) is 30.0 Å². The van der Waals surface area contributed by atoms with E-state index < -0.39 is 6.10 Å². The van der Waals surface area contributed by atoms with Crippen molar-refractivity contribution in [1.29, 1.82) is 0 Å². The summed E-state index contributed by atoms with van der Waals surface area (Å²) in [7, 11) is 0. The van der Waals surface area contributed by atoms with Gasteiger partial charge in [-0.15, -0.1) is 0 Å². The molecule has 21 heavy (non-hydrogen) atoms. The van der Waals surface area contributed by atoms with E-state index in [1.807, 2.05) is 26.0 Å². The highest BCUT2D eigenvalue weighted by atomic mass is 19.1. The smallest absolute Gasteiger partial charge is 0.147 e. The molecular weight excluding hydrogens is 267 g/mol. The Morgan fingerprint density at radius 2 is 1.90 bits per heavy atom. The summed E-state index contributed by atoms with van der Waals surface area (Å²) in [6, 6.07) is 8.72. The fourth-order valence-electron chi connectivity index (χ4n) is 2.57. The number of benzene rings is 2. The molecule has 0 amide bonds. The second-order valence-electron chi connectivity index (χ2n) is 5.39. The Kier molecular flexibility index (Phi) is 3.26. The molecule has 3 aromatic rings. The van der Waals surface area contributed by atoms with Gasteiger partial charge in [0.15, 0.2) is 0 Å². The molecule has 0 saturated carbocycles. The molecule has 1 heterocycles. The molecule has 0 aliphatic carbocycles. The van der Waals surface area contributed by atoms with Gasteiger partial charge in [0.2, 0.25) is 0 Å². The van der Waals surface area contributed by atoms with Crippen molar-refractivity contribution in [3.05, 3.63) is 59.2 Å². The molecule has 3 nitrogen and oxygen atoms in total. The Balaban J connectivity index is 2.34. The Hall–Kier alpha value is -2.20. The number of hydrogen-bond acceptors (Lipinski definition) is 2. The van der Waals surface area contributed by atoms with Gasteiger partial charge in [0, 0.05) is 5.56 Å². The maximum atomic E-state index is 14.3. The topological polar surface area (TPSA) is 38.0 Å². The van der Waals surface area contributed by atoms with Crippen LogP contribution in [0, 0.1) is 19.7 Å². The molecule has 0 saturated heterocycles. The van der Waals surface area contributed by atoms with Crippen LogP contribution in [0.1, 0.15) is 29.7 Å².